The summed E-state index contributed by atoms with van der Waals surface area (Å²) in [5.41, 5.74) is 2.60. The molecule has 0 saturated carbocycles. The quantitative estimate of drug-likeness (QED) is 0.131. The minimum Gasteiger partial charge on any atom is -0.497 e. The highest BCUT2D eigenvalue weighted by molar-refractivity contribution is 7.99. The van der Waals surface area contributed by atoms with Gasteiger partial charge >= 0.3 is 0 Å². The average molecular weight is 563 g/mol. The fourth-order valence-electron chi connectivity index (χ4n) is 5.12. The first-order valence-electron chi connectivity index (χ1n) is 13.3. The number of ketones is 1. The standard InChI is InChI=1S/C31H34N2O4S2/c1-6-37-23-14-10-21(11-15-23)33-29(35)27-24-16-9-20(31(2,3)4)17-26(24)39-28(27)32-30(33)38-18-25(34)19-7-12-22(36-5)13-8-19/h7-8,10-15,20H,6,9,16-18H2,1-5H3. The molecule has 1 atom stereocenters. The number of methoxy groups -OCH3 is 1. The molecule has 39 heavy (non-hydrogen) atoms. The lowest BCUT2D eigenvalue weighted by atomic mass is 9.72. The van der Waals surface area contributed by atoms with E-state index in [1.54, 1.807) is 47.3 Å². The van der Waals surface area contributed by atoms with Crippen molar-refractivity contribution in [3.63, 3.8) is 0 Å². The van der Waals surface area contributed by atoms with Crippen LogP contribution in [0.25, 0.3) is 15.9 Å². The summed E-state index contributed by atoms with van der Waals surface area (Å²) in [6.07, 6.45) is 2.93. The van der Waals surface area contributed by atoms with Gasteiger partial charge in [-0.2, -0.15) is 0 Å². The third kappa shape index (κ3) is 5.63. The summed E-state index contributed by atoms with van der Waals surface area (Å²) in [7, 11) is 1.60. The molecule has 1 aliphatic rings. The fourth-order valence-corrected chi connectivity index (χ4v) is 7.37. The van der Waals surface area contributed by atoms with Crippen molar-refractivity contribution >= 4 is 39.1 Å². The summed E-state index contributed by atoms with van der Waals surface area (Å²) in [4.78, 5) is 34.2. The molecule has 0 radical (unpaired) electrons. The normalized spacial score (nSPS) is 15.3. The van der Waals surface area contributed by atoms with Crippen molar-refractivity contribution in [2.75, 3.05) is 19.5 Å². The number of thioether (sulfide) groups is 1. The van der Waals surface area contributed by atoms with Gasteiger partial charge in [0.25, 0.3) is 5.56 Å². The van der Waals surface area contributed by atoms with Crippen LogP contribution in [0.5, 0.6) is 11.5 Å². The third-order valence-corrected chi connectivity index (χ3v) is 9.51. The van der Waals surface area contributed by atoms with Crippen LogP contribution < -0.4 is 15.0 Å². The number of nitrogens with zero attached hydrogens (tertiary/aromatic N) is 2. The molecule has 0 amide bonds. The average Bonchev–Trinajstić information content (AvgIpc) is 3.30. The molecule has 2 aromatic carbocycles. The lowest BCUT2D eigenvalue weighted by Crippen LogP contribution is -2.27. The van der Waals surface area contributed by atoms with Crippen molar-refractivity contribution < 1.29 is 14.3 Å². The Morgan fingerprint density at radius 2 is 1.79 bits per heavy atom. The third-order valence-electron chi connectivity index (χ3n) is 7.43. The highest BCUT2D eigenvalue weighted by atomic mass is 32.2. The molecule has 0 fully saturated rings. The van der Waals surface area contributed by atoms with Crippen LogP contribution in [-0.4, -0.2) is 34.8 Å². The van der Waals surface area contributed by atoms with Gasteiger partial charge in [0.1, 0.15) is 16.3 Å². The molecule has 0 bridgehead atoms. The van der Waals surface area contributed by atoms with E-state index in [4.69, 9.17) is 14.5 Å². The Morgan fingerprint density at radius 1 is 1.10 bits per heavy atom. The lowest BCUT2D eigenvalue weighted by Gasteiger charge is -2.33. The van der Waals surface area contributed by atoms with Crippen LogP contribution >= 0.6 is 23.1 Å². The van der Waals surface area contributed by atoms with E-state index in [0.717, 1.165) is 40.8 Å². The van der Waals surface area contributed by atoms with Gasteiger partial charge in [0, 0.05) is 10.4 Å². The first-order chi connectivity index (χ1) is 18.7. The maximum absolute atomic E-state index is 14.1. The molecule has 1 unspecified atom stereocenters. The van der Waals surface area contributed by atoms with E-state index >= 15 is 0 Å². The molecule has 2 aromatic heterocycles. The van der Waals surface area contributed by atoms with Gasteiger partial charge in [0.2, 0.25) is 0 Å². The van der Waals surface area contributed by atoms with Gasteiger partial charge in [-0.3, -0.25) is 14.2 Å². The molecule has 204 valence electrons. The fraction of sp³-hybridized carbons (Fsp3) is 0.387. The number of aromatic nitrogens is 2. The zero-order chi connectivity index (χ0) is 27.7. The molecule has 2 heterocycles. The van der Waals surface area contributed by atoms with E-state index < -0.39 is 0 Å². The molecule has 1 aliphatic carbocycles. The number of rotatable bonds is 8. The molecule has 6 nitrogen and oxygen atoms in total. The maximum Gasteiger partial charge on any atom is 0.267 e. The van der Waals surface area contributed by atoms with Crippen molar-refractivity contribution in [2.24, 2.45) is 11.3 Å². The zero-order valence-corrected chi connectivity index (χ0v) is 24.7. The Balaban J connectivity index is 1.55. The molecule has 0 aliphatic heterocycles. The van der Waals surface area contributed by atoms with Gasteiger partial charge in [-0.15, -0.1) is 11.3 Å². The van der Waals surface area contributed by atoms with Crippen molar-refractivity contribution in [3.05, 3.63) is 74.9 Å². The smallest absolute Gasteiger partial charge is 0.267 e. The Hall–Kier alpha value is -3.10. The van der Waals surface area contributed by atoms with E-state index in [1.165, 1.54) is 16.6 Å². The van der Waals surface area contributed by atoms with Crippen LogP contribution in [0, 0.1) is 11.3 Å². The Labute approximate surface area is 237 Å². The zero-order valence-electron chi connectivity index (χ0n) is 23.1. The minimum atomic E-state index is -0.0738. The Kier molecular flexibility index (Phi) is 7.87. The molecule has 5 rings (SSSR count). The summed E-state index contributed by atoms with van der Waals surface area (Å²) in [6.45, 7) is 9.39. The number of thiophene rings is 1. The minimum absolute atomic E-state index is 0.0336. The number of Topliss-reactive ketones (excluding diaryl/α,β-unsaturated/α-hetero) is 1. The number of carbonyl (C=O) groups is 1. The van der Waals surface area contributed by atoms with E-state index in [9.17, 15) is 9.59 Å². The molecule has 0 N–H and O–H groups in total. The Morgan fingerprint density at radius 3 is 2.44 bits per heavy atom. The van der Waals surface area contributed by atoms with E-state index in [2.05, 4.69) is 20.8 Å². The summed E-state index contributed by atoms with van der Waals surface area (Å²) < 4.78 is 12.5. The number of hydrogen-bond donors (Lipinski definition) is 0. The van der Waals surface area contributed by atoms with E-state index in [1.807, 2.05) is 31.2 Å². The van der Waals surface area contributed by atoms with E-state index in [-0.39, 0.29) is 22.5 Å². The molecule has 8 heteroatoms. The molecule has 4 aromatic rings. The predicted octanol–water partition coefficient (Wildman–Crippen LogP) is 6.98. The van der Waals surface area contributed by atoms with Crippen molar-refractivity contribution in [2.45, 2.75) is 52.1 Å². The van der Waals surface area contributed by atoms with Crippen LogP contribution in [0.15, 0.2) is 58.5 Å². The molecule has 0 spiro atoms. The number of ether oxygens (including phenoxy) is 2. The summed E-state index contributed by atoms with van der Waals surface area (Å²) in [5, 5.41) is 1.24. The van der Waals surface area contributed by atoms with Crippen LogP contribution in [0.2, 0.25) is 0 Å². The van der Waals surface area contributed by atoms with Gasteiger partial charge in [-0.05, 0) is 91.6 Å². The predicted molar refractivity (Wildman–Crippen MR) is 159 cm³/mol. The van der Waals surface area contributed by atoms with Crippen molar-refractivity contribution in [3.8, 4) is 17.2 Å². The topological polar surface area (TPSA) is 70.4 Å². The second-order valence-electron chi connectivity index (χ2n) is 10.9. The van der Waals surface area contributed by atoms with Gasteiger partial charge in [-0.1, -0.05) is 32.5 Å². The van der Waals surface area contributed by atoms with Crippen molar-refractivity contribution in [1.82, 2.24) is 9.55 Å². The summed E-state index contributed by atoms with van der Waals surface area (Å²) >= 11 is 2.93. The molecular formula is C31H34N2O4S2. The van der Waals surface area contributed by atoms with Crippen molar-refractivity contribution in [1.29, 1.82) is 0 Å². The second kappa shape index (κ2) is 11.2. The molecular weight excluding hydrogens is 528 g/mol. The van der Waals surface area contributed by atoms with Crippen LogP contribution in [0.3, 0.4) is 0 Å². The number of carbonyl (C=O) groups excluding carboxylic acids is 1. The second-order valence-corrected chi connectivity index (χ2v) is 12.9. The summed E-state index contributed by atoms with van der Waals surface area (Å²) in [6, 6.07) is 14.6. The lowest BCUT2D eigenvalue weighted by molar-refractivity contribution is 0.102. The molecule has 0 saturated heterocycles. The number of hydrogen-bond acceptors (Lipinski definition) is 7. The van der Waals surface area contributed by atoms with Gasteiger partial charge in [-0.25, -0.2) is 4.98 Å². The SMILES string of the molecule is CCOc1ccc(-n2c(SCC(=O)c3ccc(OC)cc3)nc3sc4c(c3c2=O)CCC(C(C)(C)C)C4)cc1. The Bertz CT molecular complexity index is 1550. The van der Waals surface area contributed by atoms with Gasteiger partial charge < -0.3 is 9.47 Å². The monoisotopic (exact) mass is 562 g/mol. The van der Waals surface area contributed by atoms with Crippen LogP contribution in [0.4, 0.5) is 0 Å². The highest BCUT2D eigenvalue weighted by Crippen LogP contribution is 2.42. The number of fused-ring (bicyclic) bond motifs is 3. The van der Waals surface area contributed by atoms with Crippen LogP contribution in [0.1, 0.15) is 54.9 Å². The van der Waals surface area contributed by atoms with Crippen LogP contribution in [-0.2, 0) is 12.8 Å². The first kappa shape index (κ1) is 27.5. The highest BCUT2D eigenvalue weighted by Gasteiger charge is 2.32. The van der Waals surface area contributed by atoms with E-state index in [0.29, 0.717) is 34.7 Å². The first-order valence-corrected chi connectivity index (χ1v) is 15.1. The maximum atomic E-state index is 14.1. The summed E-state index contributed by atoms with van der Waals surface area (Å²) in [5.74, 6) is 2.15. The number of benzene rings is 2. The van der Waals surface area contributed by atoms with Gasteiger partial charge in [0.05, 0.1) is 30.5 Å². The van der Waals surface area contributed by atoms with Gasteiger partial charge in [0.15, 0.2) is 10.9 Å². The largest absolute Gasteiger partial charge is 0.497 e. The number of aryl methyl sites for hydroxylation is 1.